The minimum Gasteiger partial charge on any atom is -0.463 e. The van der Waals surface area contributed by atoms with E-state index in [9.17, 15) is 4.79 Å². The molecule has 0 bridgehead atoms. The van der Waals surface area contributed by atoms with Crippen LogP contribution < -0.4 is 0 Å². The summed E-state index contributed by atoms with van der Waals surface area (Å²) in [6, 6.07) is 12.5. The number of nitrogens with zero attached hydrogens (tertiary/aromatic N) is 3. The maximum atomic E-state index is 12.9. The van der Waals surface area contributed by atoms with Gasteiger partial charge in [-0.2, -0.15) is 0 Å². The Hall–Kier alpha value is -3.93. The first-order chi connectivity index (χ1) is 14.2. The Morgan fingerprint density at radius 2 is 1.48 bits per heavy atom. The normalized spacial score (nSPS) is 10.8. The van der Waals surface area contributed by atoms with Crippen molar-refractivity contribution in [1.82, 2.24) is 14.9 Å². The maximum Gasteiger partial charge on any atom is 0.254 e. The van der Waals surface area contributed by atoms with Crippen molar-refractivity contribution in [3.63, 3.8) is 0 Å². The number of carbonyl (C=O) groups is 1. The third kappa shape index (κ3) is 3.60. The highest BCUT2D eigenvalue weighted by molar-refractivity contribution is 5.98. The number of fused-ring (bicyclic) bond motifs is 1. The van der Waals surface area contributed by atoms with Crippen LogP contribution in [0.4, 0.5) is 0 Å². The summed E-state index contributed by atoms with van der Waals surface area (Å²) >= 11 is 0. The summed E-state index contributed by atoms with van der Waals surface area (Å²) in [7, 11) is 0. The predicted octanol–water partition coefficient (Wildman–Crippen LogP) is 4.96. The van der Waals surface area contributed by atoms with Crippen LogP contribution in [0.25, 0.3) is 33.9 Å². The molecule has 4 rings (SSSR count). The van der Waals surface area contributed by atoms with E-state index in [-0.39, 0.29) is 5.91 Å². The summed E-state index contributed by atoms with van der Waals surface area (Å²) in [4.78, 5) is 24.0. The molecule has 144 valence electrons. The summed E-state index contributed by atoms with van der Waals surface area (Å²) < 4.78 is 11.1. The Morgan fingerprint density at radius 1 is 0.897 bits per heavy atom. The highest BCUT2D eigenvalue weighted by atomic mass is 16.3. The van der Waals surface area contributed by atoms with Gasteiger partial charge in [0, 0.05) is 18.7 Å². The molecule has 0 aliphatic heterocycles. The fourth-order valence-electron chi connectivity index (χ4n) is 3.09. The fourth-order valence-corrected chi connectivity index (χ4v) is 3.09. The van der Waals surface area contributed by atoms with E-state index in [1.807, 2.05) is 12.1 Å². The van der Waals surface area contributed by atoms with Crippen LogP contribution in [0, 0.1) is 0 Å². The second-order valence-corrected chi connectivity index (χ2v) is 6.37. The van der Waals surface area contributed by atoms with Gasteiger partial charge in [-0.15, -0.1) is 13.2 Å². The Morgan fingerprint density at radius 3 is 2.00 bits per heavy atom. The molecule has 1 amide bonds. The molecule has 0 saturated carbocycles. The van der Waals surface area contributed by atoms with Crippen molar-refractivity contribution in [2.24, 2.45) is 0 Å². The van der Waals surface area contributed by atoms with Crippen LogP contribution in [0.15, 0.2) is 89.1 Å². The number of carbonyl (C=O) groups excluding carboxylic acids is 1. The second-order valence-electron chi connectivity index (χ2n) is 6.37. The molecule has 0 aliphatic rings. The zero-order valence-electron chi connectivity index (χ0n) is 15.7. The van der Waals surface area contributed by atoms with Crippen LogP contribution in [-0.2, 0) is 0 Å². The van der Waals surface area contributed by atoms with Gasteiger partial charge in [-0.05, 0) is 42.5 Å². The molecule has 0 fully saturated rings. The van der Waals surface area contributed by atoms with Crippen LogP contribution >= 0.6 is 0 Å². The number of benzene rings is 1. The number of rotatable bonds is 7. The molecular formula is C23H19N3O3. The molecule has 0 unspecified atom stereocenters. The van der Waals surface area contributed by atoms with Gasteiger partial charge in [0.1, 0.15) is 11.4 Å². The van der Waals surface area contributed by atoms with Gasteiger partial charge in [0.25, 0.3) is 5.91 Å². The standard InChI is InChI=1S/C23H19N3O3/c1-3-11-26(12-4-2)23(27)16-9-10-17-18(15-16)25-22(20-8-6-14-29-20)21(24-17)19-7-5-13-28-19/h3-10,13-15H,1-2,11-12H2. The summed E-state index contributed by atoms with van der Waals surface area (Å²) in [5, 5.41) is 0. The topological polar surface area (TPSA) is 72.4 Å². The highest BCUT2D eigenvalue weighted by Crippen LogP contribution is 2.31. The monoisotopic (exact) mass is 385 g/mol. The first kappa shape index (κ1) is 18.4. The molecular weight excluding hydrogens is 366 g/mol. The summed E-state index contributed by atoms with van der Waals surface area (Å²) in [5.41, 5.74) is 2.90. The lowest BCUT2D eigenvalue weighted by Gasteiger charge is -2.19. The first-order valence-electron chi connectivity index (χ1n) is 9.12. The van der Waals surface area contributed by atoms with Gasteiger partial charge in [0.15, 0.2) is 11.5 Å². The molecule has 6 nitrogen and oxygen atoms in total. The zero-order valence-corrected chi connectivity index (χ0v) is 15.7. The molecule has 1 aromatic carbocycles. The first-order valence-corrected chi connectivity index (χ1v) is 9.12. The van der Waals surface area contributed by atoms with Crippen molar-refractivity contribution < 1.29 is 13.6 Å². The van der Waals surface area contributed by atoms with E-state index in [4.69, 9.17) is 18.8 Å². The number of aromatic nitrogens is 2. The largest absolute Gasteiger partial charge is 0.463 e. The van der Waals surface area contributed by atoms with Crippen molar-refractivity contribution in [1.29, 1.82) is 0 Å². The Kier molecular flexibility index (Phi) is 5.07. The number of furan rings is 2. The predicted molar refractivity (Wildman–Crippen MR) is 111 cm³/mol. The van der Waals surface area contributed by atoms with Gasteiger partial charge in [0.05, 0.1) is 23.6 Å². The quantitative estimate of drug-likeness (QED) is 0.420. The van der Waals surface area contributed by atoms with Crippen LogP contribution in [0.5, 0.6) is 0 Å². The van der Waals surface area contributed by atoms with Gasteiger partial charge < -0.3 is 13.7 Å². The molecule has 0 aliphatic carbocycles. The van der Waals surface area contributed by atoms with Crippen molar-refractivity contribution >= 4 is 16.9 Å². The third-order valence-corrected chi connectivity index (χ3v) is 4.41. The van der Waals surface area contributed by atoms with E-state index in [1.165, 1.54) is 0 Å². The van der Waals surface area contributed by atoms with Gasteiger partial charge >= 0.3 is 0 Å². The van der Waals surface area contributed by atoms with Crippen LogP contribution in [0.1, 0.15) is 10.4 Å². The highest BCUT2D eigenvalue weighted by Gasteiger charge is 2.19. The van der Waals surface area contributed by atoms with Gasteiger partial charge in [0.2, 0.25) is 0 Å². The number of hydrogen-bond donors (Lipinski definition) is 0. The molecule has 0 atom stereocenters. The minimum atomic E-state index is -0.122. The number of amides is 1. The zero-order chi connectivity index (χ0) is 20.2. The van der Waals surface area contributed by atoms with Crippen molar-refractivity contribution in [3.8, 4) is 22.9 Å². The lowest BCUT2D eigenvalue weighted by molar-refractivity contribution is 0.0791. The SMILES string of the molecule is C=CCN(CC=C)C(=O)c1ccc2nc(-c3ccco3)c(-c3ccco3)nc2c1. The second kappa shape index (κ2) is 7.98. The molecule has 0 spiro atoms. The third-order valence-electron chi connectivity index (χ3n) is 4.41. The molecule has 3 heterocycles. The van der Waals surface area contributed by atoms with E-state index >= 15 is 0 Å². The lowest BCUT2D eigenvalue weighted by Crippen LogP contribution is -2.31. The average molecular weight is 385 g/mol. The molecule has 3 aromatic heterocycles. The van der Waals surface area contributed by atoms with E-state index in [0.29, 0.717) is 52.6 Å². The fraction of sp³-hybridized carbons (Fsp3) is 0.0870. The maximum absolute atomic E-state index is 12.9. The summed E-state index contributed by atoms with van der Waals surface area (Å²) in [6.45, 7) is 8.29. The smallest absolute Gasteiger partial charge is 0.254 e. The van der Waals surface area contributed by atoms with Gasteiger partial charge in [-0.1, -0.05) is 12.2 Å². The molecule has 0 saturated heterocycles. The van der Waals surface area contributed by atoms with E-state index in [1.54, 1.807) is 59.9 Å². The van der Waals surface area contributed by atoms with E-state index in [2.05, 4.69) is 13.2 Å². The Bertz CT molecular complexity index is 1150. The lowest BCUT2D eigenvalue weighted by atomic mass is 10.1. The van der Waals surface area contributed by atoms with Crippen LogP contribution in [0.2, 0.25) is 0 Å². The Labute approximate surface area is 167 Å². The van der Waals surface area contributed by atoms with Crippen molar-refractivity contribution in [2.45, 2.75) is 0 Å². The average Bonchev–Trinajstić information content (AvgIpc) is 3.46. The molecule has 6 heteroatoms. The van der Waals surface area contributed by atoms with Gasteiger partial charge in [-0.25, -0.2) is 9.97 Å². The molecule has 0 N–H and O–H groups in total. The molecule has 4 aromatic rings. The van der Waals surface area contributed by atoms with Crippen LogP contribution in [0.3, 0.4) is 0 Å². The van der Waals surface area contributed by atoms with Gasteiger partial charge in [-0.3, -0.25) is 4.79 Å². The van der Waals surface area contributed by atoms with Crippen LogP contribution in [-0.4, -0.2) is 33.9 Å². The molecule has 29 heavy (non-hydrogen) atoms. The van der Waals surface area contributed by atoms with Crippen molar-refractivity contribution in [2.75, 3.05) is 13.1 Å². The van der Waals surface area contributed by atoms with Crippen molar-refractivity contribution in [3.05, 3.63) is 85.9 Å². The molecule has 0 radical (unpaired) electrons. The van der Waals surface area contributed by atoms with E-state index < -0.39 is 0 Å². The summed E-state index contributed by atoms with van der Waals surface area (Å²) in [5.74, 6) is 1.04. The minimum absolute atomic E-state index is 0.122. The summed E-state index contributed by atoms with van der Waals surface area (Å²) in [6.07, 6.45) is 6.54. The van der Waals surface area contributed by atoms with E-state index in [0.717, 1.165) is 0 Å². The number of hydrogen-bond acceptors (Lipinski definition) is 5. The Balaban J connectivity index is 1.83.